The van der Waals surface area contributed by atoms with Crippen LogP contribution in [0, 0.1) is 5.92 Å². The summed E-state index contributed by atoms with van der Waals surface area (Å²) in [5.74, 6) is 0.613. The summed E-state index contributed by atoms with van der Waals surface area (Å²) in [5.41, 5.74) is 0. The molecule has 1 aliphatic rings. The predicted octanol–water partition coefficient (Wildman–Crippen LogP) is 2.03. The van der Waals surface area contributed by atoms with Crippen molar-refractivity contribution in [2.45, 2.75) is 38.8 Å². The molecule has 1 aliphatic heterocycles. The molecule has 1 rings (SSSR count). The monoisotopic (exact) mass is 257 g/mol. The van der Waals surface area contributed by atoms with Crippen molar-refractivity contribution in [1.29, 1.82) is 0 Å². The van der Waals surface area contributed by atoms with E-state index in [0.717, 1.165) is 0 Å². The first kappa shape index (κ1) is 14.3. The van der Waals surface area contributed by atoms with Crippen molar-refractivity contribution in [2.24, 2.45) is 5.92 Å². The first-order valence-electron chi connectivity index (χ1n) is 5.75. The lowest BCUT2D eigenvalue weighted by molar-refractivity contribution is -0.131. The number of hydrogen-bond acceptors (Lipinski definition) is 4. The number of nitrogens with zero attached hydrogens (tertiary/aromatic N) is 1. The molecule has 1 heterocycles. The molecule has 1 fully saturated rings. The molecule has 0 unspecified atom stereocenters. The van der Waals surface area contributed by atoms with Gasteiger partial charge in [0.05, 0.1) is 18.6 Å². The Hall–Kier alpha value is -0.810. The molecule has 0 spiro atoms. The molecule has 0 saturated carbocycles. The normalized spacial score (nSPS) is 22.0. The number of aliphatic hydroxyl groups is 1. The third-order valence-electron chi connectivity index (χ3n) is 2.79. The van der Waals surface area contributed by atoms with Crippen LogP contribution in [0.3, 0.4) is 0 Å². The van der Waals surface area contributed by atoms with Gasteiger partial charge in [0, 0.05) is 5.75 Å². The standard InChI is InChI=1S/C12H19NO3S/c1-4-5-9(14)6-11(15)13-10(8(2)3)7-17-12(13)16/h4,8-10,14H,1,5-7H2,2-3H3/t9-,10+/m1/s1. The molecule has 0 radical (unpaired) electrons. The van der Waals surface area contributed by atoms with E-state index in [-0.39, 0.29) is 29.5 Å². The molecule has 96 valence electrons. The van der Waals surface area contributed by atoms with E-state index in [1.807, 2.05) is 13.8 Å². The number of thioether (sulfide) groups is 1. The van der Waals surface area contributed by atoms with Gasteiger partial charge in [0.1, 0.15) is 0 Å². The molecule has 1 N–H and O–H groups in total. The second-order valence-corrected chi connectivity index (χ2v) is 5.51. The van der Waals surface area contributed by atoms with Gasteiger partial charge in [-0.05, 0) is 12.3 Å². The summed E-state index contributed by atoms with van der Waals surface area (Å²) < 4.78 is 0. The highest BCUT2D eigenvalue weighted by Gasteiger charge is 2.38. The second kappa shape index (κ2) is 6.21. The van der Waals surface area contributed by atoms with Crippen molar-refractivity contribution < 1.29 is 14.7 Å². The van der Waals surface area contributed by atoms with Crippen molar-refractivity contribution in [1.82, 2.24) is 4.90 Å². The van der Waals surface area contributed by atoms with Crippen LogP contribution in [0.25, 0.3) is 0 Å². The van der Waals surface area contributed by atoms with Crippen molar-refractivity contribution in [3.05, 3.63) is 12.7 Å². The fourth-order valence-corrected chi connectivity index (χ4v) is 3.01. The van der Waals surface area contributed by atoms with Crippen LogP contribution in [-0.2, 0) is 4.79 Å². The number of carbonyl (C=O) groups is 2. The zero-order valence-corrected chi connectivity index (χ0v) is 11.1. The van der Waals surface area contributed by atoms with Gasteiger partial charge in [-0.25, -0.2) is 0 Å². The van der Waals surface area contributed by atoms with Crippen LogP contribution in [0.4, 0.5) is 4.79 Å². The Morgan fingerprint density at radius 1 is 1.71 bits per heavy atom. The Balaban J connectivity index is 2.65. The first-order valence-corrected chi connectivity index (χ1v) is 6.73. The summed E-state index contributed by atoms with van der Waals surface area (Å²) in [7, 11) is 0. The highest BCUT2D eigenvalue weighted by atomic mass is 32.2. The lowest BCUT2D eigenvalue weighted by Gasteiger charge is -2.25. The van der Waals surface area contributed by atoms with Crippen molar-refractivity contribution in [2.75, 3.05) is 5.75 Å². The topological polar surface area (TPSA) is 57.6 Å². The average molecular weight is 257 g/mol. The lowest BCUT2D eigenvalue weighted by atomic mass is 10.0. The molecule has 0 aliphatic carbocycles. The Kier molecular flexibility index (Phi) is 5.21. The van der Waals surface area contributed by atoms with E-state index in [1.165, 1.54) is 16.7 Å². The highest BCUT2D eigenvalue weighted by molar-refractivity contribution is 8.14. The second-order valence-electron chi connectivity index (χ2n) is 4.53. The molecule has 1 saturated heterocycles. The summed E-state index contributed by atoms with van der Waals surface area (Å²) in [6.45, 7) is 7.49. The van der Waals surface area contributed by atoms with Gasteiger partial charge in [-0.15, -0.1) is 6.58 Å². The summed E-state index contributed by atoms with van der Waals surface area (Å²) in [6, 6.07) is -0.0454. The zero-order chi connectivity index (χ0) is 13.0. The van der Waals surface area contributed by atoms with E-state index >= 15 is 0 Å². The van der Waals surface area contributed by atoms with E-state index in [0.29, 0.717) is 12.2 Å². The summed E-state index contributed by atoms with van der Waals surface area (Å²) in [6.07, 6.45) is 1.18. The van der Waals surface area contributed by atoms with E-state index < -0.39 is 6.10 Å². The van der Waals surface area contributed by atoms with Gasteiger partial charge < -0.3 is 5.11 Å². The van der Waals surface area contributed by atoms with Gasteiger partial charge in [0.2, 0.25) is 5.91 Å². The van der Waals surface area contributed by atoms with Gasteiger partial charge in [0.15, 0.2) is 0 Å². The van der Waals surface area contributed by atoms with E-state index in [2.05, 4.69) is 6.58 Å². The first-order chi connectivity index (χ1) is 7.97. The number of amides is 2. The molecule has 0 bridgehead atoms. The van der Waals surface area contributed by atoms with Gasteiger partial charge in [-0.2, -0.15) is 0 Å². The Labute approximate surface area is 106 Å². The molecule has 2 amide bonds. The van der Waals surface area contributed by atoms with Crippen LogP contribution in [0.2, 0.25) is 0 Å². The van der Waals surface area contributed by atoms with Crippen LogP contribution in [0.1, 0.15) is 26.7 Å². The summed E-state index contributed by atoms with van der Waals surface area (Å²) >= 11 is 1.17. The summed E-state index contributed by atoms with van der Waals surface area (Å²) in [4.78, 5) is 24.9. The number of carbonyl (C=O) groups excluding carboxylic acids is 2. The van der Waals surface area contributed by atoms with Gasteiger partial charge in [-0.1, -0.05) is 31.7 Å². The minimum absolute atomic E-state index is 0.0124. The van der Waals surface area contributed by atoms with Crippen LogP contribution >= 0.6 is 11.8 Å². The van der Waals surface area contributed by atoms with Crippen LogP contribution < -0.4 is 0 Å². The maximum absolute atomic E-state index is 12.0. The SMILES string of the molecule is C=CC[C@@H](O)CC(=O)N1C(=O)SC[C@H]1C(C)C. The lowest BCUT2D eigenvalue weighted by Crippen LogP contribution is -2.42. The van der Waals surface area contributed by atoms with E-state index in [9.17, 15) is 14.7 Å². The number of hydrogen-bond donors (Lipinski definition) is 1. The molecule has 0 aromatic rings. The van der Waals surface area contributed by atoms with Crippen molar-refractivity contribution in [3.63, 3.8) is 0 Å². The van der Waals surface area contributed by atoms with Crippen LogP contribution in [0.5, 0.6) is 0 Å². The van der Waals surface area contributed by atoms with Gasteiger partial charge in [0.25, 0.3) is 5.24 Å². The Bertz CT molecular complexity index is 317. The summed E-state index contributed by atoms with van der Waals surface area (Å²) in [5, 5.41) is 9.36. The average Bonchev–Trinajstić information content (AvgIpc) is 2.60. The van der Waals surface area contributed by atoms with Gasteiger partial charge in [-0.3, -0.25) is 14.5 Å². The third-order valence-corrected chi connectivity index (χ3v) is 3.74. The minimum Gasteiger partial charge on any atom is -0.392 e. The molecular weight excluding hydrogens is 238 g/mol. The Morgan fingerprint density at radius 2 is 2.35 bits per heavy atom. The molecule has 4 nitrogen and oxygen atoms in total. The van der Waals surface area contributed by atoms with Gasteiger partial charge >= 0.3 is 0 Å². The van der Waals surface area contributed by atoms with E-state index in [1.54, 1.807) is 6.08 Å². The number of imide groups is 1. The maximum Gasteiger partial charge on any atom is 0.288 e. The smallest absolute Gasteiger partial charge is 0.288 e. The van der Waals surface area contributed by atoms with E-state index in [4.69, 9.17) is 0 Å². The molecule has 0 aromatic heterocycles. The zero-order valence-electron chi connectivity index (χ0n) is 10.3. The number of aliphatic hydroxyl groups excluding tert-OH is 1. The van der Waals surface area contributed by atoms with Crippen LogP contribution in [-0.4, -0.2) is 39.1 Å². The fraction of sp³-hybridized carbons (Fsp3) is 0.667. The fourth-order valence-electron chi connectivity index (χ4n) is 1.79. The molecule has 2 atom stereocenters. The molecular formula is C12H19NO3S. The third kappa shape index (κ3) is 3.57. The molecule has 17 heavy (non-hydrogen) atoms. The predicted molar refractivity (Wildman–Crippen MR) is 68.8 cm³/mol. The highest BCUT2D eigenvalue weighted by Crippen LogP contribution is 2.29. The minimum atomic E-state index is -0.744. The Morgan fingerprint density at radius 3 is 2.88 bits per heavy atom. The number of rotatable bonds is 5. The van der Waals surface area contributed by atoms with Crippen molar-refractivity contribution >= 4 is 22.9 Å². The van der Waals surface area contributed by atoms with Crippen LogP contribution in [0.15, 0.2) is 12.7 Å². The molecule has 0 aromatic carbocycles. The van der Waals surface area contributed by atoms with Crippen molar-refractivity contribution in [3.8, 4) is 0 Å². The largest absolute Gasteiger partial charge is 0.392 e. The maximum atomic E-state index is 12.0. The molecule has 5 heteroatoms. The quantitative estimate of drug-likeness (QED) is 0.766.